The van der Waals surface area contributed by atoms with Gasteiger partial charge in [-0.25, -0.2) is 4.39 Å². The average Bonchev–Trinajstić information content (AvgIpc) is 2.76. The zero-order valence-corrected chi connectivity index (χ0v) is 9.95. The quantitative estimate of drug-likeness (QED) is 0.827. The Morgan fingerprint density at radius 2 is 2.35 bits per heavy atom. The number of alkyl halides is 1. The number of rotatable bonds is 2. The normalized spacial score (nSPS) is 19.6. The predicted molar refractivity (Wildman–Crippen MR) is 62.8 cm³/mol. The molecule has 1 atom stereocenters. The first-order chi connectivity index (χ1) is 8.13. The number of nitrogens with zero attached hydrogens (tertiary/aromatic N) is 1. The van der Waals surface area contributed by atoms with E-state index in [1.165, 1.54) is 12.1 Å². The fourth-order valence-corrected chi connectivity index (χ4v) is 2.42. The van der Waals surface area contributed by atoms with Crippen molar-refractivity contribution in [1.29, 1.82) is 0 Å². The van der Waals surface area contributed by atoms with Crippen molar-refractivity contribution in [2.75, 3.05) is 12.4 Å². The van der Waals surface area contributed by atoms with E-state index in [9.17, 15) is 9.18 Å². The second kappa shape index (κ2) is 4.92. The molecule has 1 saturated heterocycles. The molecule has 0 spiro atoms. The number of hydrogen-bond donors (Lipinski definition) is 1. The van der Waals surface area contributed by atoms with Gasteiger partial charge in [0.1, 0.15) is 11.6 Å². The van der Waals surface area contributed by atoms with Crippen LogP contribution in [0.25, 0.3) is 0 Å². The molecule has 1 fully saturated rings. The summed E-state index contributed by atoms with van der Waals surface area (Å²) in [6.45, 7) is 0.608. The lowest BCUT2D eigenvalue weighted by molar-refractivity contribution is 0.0744. The highest BCUT2D eigenvalue weighted by Gasteiger charge is 2.29. The maximum absolute atomic E-state index is 13.5. The summed E-state index contributed by atoms with van der Waals surface area (Å²) in [5, 5.41) is 9.10. The lowest BCUT2D eigenvalue weighted by Gasteiger charge is -2.23. The molecule has 17 heavy (non-hydrogen) atoms. The fourth-order valence-electron chi connectivity index (χ4n) is 2.10. The molecule has 1 unspecified atom stereocenters. The Hall–Kier alpha value is -1.29. The van der Waals surface area contributed by atoms with Crippen LogP contribution in [0.3, 0.4) is 0 Å². The summed E-state index contributed by atoms with van der Waals surface area (Å²) in [6, 6.07) is 3.54. The number of hydrogen-bond acceptors (Lipinski definition) is 2. The van der Waals surface area contributed by atoms with Crippen molar-refractivity contribution in [3.8, 4) is 5.75 Å². The summed E-state index contributed by atoms with van der Waals surface area (Å²) in [7, 11) is 0. The van der Waals surface area contributed by atoms with Crippen LogP contribution >= 0.6 is 11.6 Å². The van der Waals surface area contributed by atoms with E-state index in [0.717, 1.165) is 18.9 Å². The lowest BCUT2D eigenvalue weighted by atomic mass is 10.1. The van der Waals surface area contributed by atoms with Gasteiger partial charge in [-0.3, -0.25) is 4.79 Å². The number of halogens is 2. The standard InChI is InChI=1S/C12H13ClFNO2/c13-7-8-2-1-5-15(8)12(17)10-4-3-9(16)6-11(10)14/h3-4,6,8,16H,1-2,5,7H2. The predicted octanol–water partition coefficient (Wildman–Crippen LogP) is 2.37. The summed E-state index contributed by atoms with van der Waals surface area (Å²) in [4.78, 5) is 13.7. The summed E-state index contributed by atoms with van der Waals surface area (Å²) in [5.74, 6) is -0.874. The van der Waals surface area contributed by atoms with Gasteiger partial charge >= 0.3 is 0 Å². The minimum absolute atomic E-state index is 0.0141. The first-order valence-electron chi connectivity index (χ1n) is 5.49. The first-order valence-corrected chi connectivity index (χ1v) is 6.02. The Morgan fingerprint density at radius 3 is 3.00 bits per heavy atom. The Morgan fingerprint density at radius 1 is 1.59 bits per heavy atom. The second-order valence-electron chi connectivity index (χ2n) is 4.11. The SMILES string of the molecule is O=C(c1ccc(O)cc1F)N1CCCC1CCl. The van der Waals surface area contributed by atoms with Gasteiger partial charge in [0, 0.05) is 24.5 Å². The second-order valence-corrected chi connectivity index (χ2v) is 4.42. The van der Waals surface area contributed by atoms with Crippen molar-refractivity contribution in [2.45, 2.75) is 18.9 Å². The average molecular weight is 258 g/mol. The van der Waals surface area contributed by atoms with Gasteiger partial charge in [-0.1, -0.05) is 0 Å². The Labute approximate surface area is 104 Å². The van der Waals surface area contributed by atoms with Crippen molar-refractivity contribution >= 4 is 17.5 Å². The molecule has 1 heterocycles. The Kier molecular flexibility index (Phi) is 3.52. The highest BCUT2D eigenvalue weighted by molar-refractivity contribution is 6.18. The molecule has 1 N–H and O–H groups in total. The van der Waals surface area contributed by atoms with Crippen molar-refractivity contribution in [3.63, 3.8) is 0 Å². The number of phenols is 1. The minimum Gasteiger partial charge on any atom is -0.508 e. The number of aromatic hydroxyl groups is 1. The van der Waals surface area contributed by atoms with Crippen LogP contribution in [0, 0.1) is 5.82 Å². The van der Waals surface area contributed by atoms with E-state index in [1.807, 2.05) is 0 Å². The number of carbonyl (C=O) groups excluding carboxylic acids is 1. The lowest BCUT2D eigenvalue weighted by Crippen LogP contribution is -2.36. The number of carbonyl (C=O) groups is 1. The maximum Gasteiger partial charge on any atom is 0.257 e. The van der Waals surface area contributed by atoms with Crippen LogP contribution in [0.15, 0.2) is 18.2 Å². The fraction of sp³-hybridized carbons (Fsp3) is 0.417. The van der Waals surface area contributed by atoms with Gasteiger partial charge in [0.15, 0.2) is 0 Å². The molecule has 1 aliphatic rings. The van der Waals surface area contributed by atoms with E-state index in [-0.39, 0.29) is 23.3 Å². The van der Waals surface area contributed by atoms with Crippen molar-refractivity contribution in [1.82, 2.24) is 4.90 Å². The van der Waals surface area contributed by atoms with Crippen LogP contribution in [-0.2, 0) is 0 Å². The van der Waals surface area contributed by atoms with Crippen LogP contribution < -0.4 is 0 Å². The molecule has 1 amide bonds. The van der Waals surface area contributed by atoms with E-state index >= 15 is 0 Å². The molecular weight excluding hydrogens is 245 g/mol. The van der Waals surface area contributed by atoms with E-state index in [4.69, 9.17) is 16.7 Å². The highest BCUT2D eigenvalue weighted by atomic mass is 35.5. The zero-order chi connectivity index (χ0) is 12.4. The number of benzene rings is 1. The molecule has 3 nitrogen and oxygen atoms in total. The number of likely N-dealkylation sites (tertiary alicyclic amines) is 1. The Bertz CT molecular complexity index is 439. The van der Waals surface area contributed by atoms with E-state index in [2.05, 4.69) is 0 Å². The van der Waals surface area contributed by atoms with Gasteiger partial charge < -0.3 is 10.0 Å². The van der Waals surface area contributed by atoms with Gasteiger partial charge in [0.05, 0.1) is 5.56 Å². The molecule has 0 radical (unpaired) electrons. The molecule has 0 saturated carbocycles. The molecule has 92 valence electrons. The van der Waals surface area contributed by atoms with Gasteiger partial charge in [0.2, 0.25) is 0 Å². The maximum atomic E-state index is 13.5. The first kappa shape index (κ1) is 12.2. The number of phenolic OH excluding ortho intramolecular Hbond substituents is 1. The zero-order valence-electron chi connectivity index (χ0n) is 9.20. The van der Waals surface area contributed by atoms with Crippen LogP contribution in [0.1, 0.15) is 23.2 Å². The van der Waals surface area contributed by atoms with Gasteiger partial charge in [-0.2, -0.15) is 0 Å². The van der Waals surface area contributed by atoms with Gasteiger partial charge in [-0.05, 0) is 25.0 Å². The van der Waals surface area contributed by atoms with Crippen molar-refractivity contribution in [3.05, 3.63) is 29.6 Å². The third kappa shape index (κ3) is 2.36. The highest BCUT2D eigenvalue weighted by Crippen LogP contribution is 2.23. The van der Waals surface area contributed by atoms with Crippen molar-refractivity contribution < 1.29 is 14.3 Å². The van der Waals surface area contributed by atoms with E-state index < -0.39 is 5.82 Å². The summed E-state index contributed by atoms with van der Waals surface area (Å²) in [6.07, 6.45) is 1.75. The minimum atomic E-state index is -0.699. The molecule has 1 aromatic carbocycles. The van der Waals surface area contributed by atoms with Crippen LogP contribution in [0.5, 0.6) is 5.75 Å². The molecular formula is C12H13ClFNO2. The molecule has 2 rings (SSSR count). The summed E-state index contributed by atoms with van der Waals surface area (Å²) >= 11 is 5.77. The van der Waals surface area contributed by atoms with Gasteiger partial charge in [0.25, 0.3) is 5.91 Å². The monoisotopic (exact) mass is 257 g/mol. The topological polar surface area (TPSA) is 40.5 Å². The molecule has 0 aliphatic carbocycles. The molecule has 1 aromatic rings. The smallest absolute Gasteiger partial charge is 0.257 e. The Balaban J connectivity index is 2.24. The third-order valence-electron chi connectivity index (χ3n) is 3.00. The van der Waals surface area contributed by atoms with E-state index in [1.54, 1.807) is 4.90 Å². The van der Waals surface area contributed by atoms with Crippen LogP contribution in [-0.4, -0.2) is 34.4 Å². The largest absolute Gasteiger partial charge is 0.508 e. The van der Waals surface area contributed by atoms with Crippen LogP contribution in [0.4, 0.5) is 4.39 Å². The third-order valence-corrected chi connectivity index (χ3v) is 3.36. The van der Waals surface area contributed by atoms with E-state index in [0.29, 0.717) is 12.4 Å². The molecule has 5 heteroatoms. The van der Waals surface area contributed by atoms with Crippen LogP contribution in [0.2, 0.25) is 0 Å². The summed E-state index contributed by atoms with van der Waals surface area (Å²) < 4.78 is 13.5. The molecule has 0 bridgehead atoms. The van der Waals surface area contributed by atoms with Gasteiger partial charge in [-0.15, -0.1) is 11.6 Å². The van der Waals surface area contributed by atoms with Crippen molar-refractivity contribution in [2.24, 2.45) is 0 Å². The molecule has 1 aliphatic heterocycles. The molecule has 0 aromatic heterocycles. The summed E-state index contributed by atoms with van der Waals surface area (Å²) in [5.41, 5.74) is -0.0141. The number of amides is 1.